The lowest BCUT2D eigenvalue weighted by Crippen LogP contribution is -2.09. The first kappa shape index (κ1) is 11.4. The monoisotopic (exact) mass is 240 g/mol. The number of aromatic nitrogens is 2. The molecule has 1 atom stereocenters. The maximum atomic E-state index is 10.2. The van der Waals surface area contributed by atoms with Gasteiger partial charge in [0.1, 0.15) is 6.10 Å². The predicted molar refractivity (Wildman–Crippen MR) is 69.1 cm³/mol. The van der Waals surface area contributed by atoms with Crippen LogP contribution in [0.5, 0.6) is 0 Å². The quantitative estimate of drug-likeness (QED) is 0.897. The molecule has 1 heterocycles. The molecule has 0 spiro atoms. The van der Waals surface area contributed by atoms with Gasteiger partial charge in [-0.15, -0.1) is 0 Å². The molecule has 3 heteroatoms. The van der Waals surface area contributed by atoms with Crippen molar-refractivity contribution >= 4 is 0 Å². The molecule has 0 radical (unpaired) electrons. The molecule has 18 heavy (non-hydrogen) atoms. The second-order valence-corrected chi connectivity index (χ2v) is 4.87. The molecular formula is C15H16N2O. The van der Waals surface area contributed by atoms with Crippen molar-refractivity contribution in [1.29, 1.82) is 0 Å². The number of hydrogen-bond donors (Lipinski definition) is 1. The van der Waals surface area contributed by atoms with Gasteiger partial charge in [-0.2, -0.15) is 10.2 Å². The smallest absolute Gasteiger partial charge is 0.106 e. The number of rotatable bonds is 3. The molecule has 1 fully saturated rings. The van der Waals surface area contributed by atoms with Gasteiger partial charge in [0.05, 0.1) is 6.20 Å². The lowest BCUT2D eigenvalue weighted by molar-refractivity contribution is 0.219. The lowest BCUT2D eigenvalue weighted by Gasteiger charge is -2.26. The highest BCUT2D eigenvalue weighted by Gasteiger charge is 2.19. The molecule has 0 amide bonds. The molecule has 0 saturated heterocycles. The van der Waals surface area contributed by atoms with Gasteiger partial charge in [0, 0.05) is 11.8 Å². The Balaban J connectivity index is 1.80. The average molecular weight is 240 g/mol. The highest BCUT2D eigenvalue weighted by Crippen LogP contribution is 2.36. The highest BCUT2D eigenvalue weighted by atomic mass is 16.3. The molecule has 92 valence electrons. The van der Waals surface area contributed by atoms with Gasteiger partial charge in [0.15, 0.2) is 0 Å². The summed E-state index contributed by atoms with van der Waals surface area (Å²) in [6.07, 6.45) is 6.53. The van der Waals surface area contributed by atoms with E-state index in [1.54, 1.807) is 18.5 Å². The van der Waals surface area contributed by atoms with E-state index in [0.29, 0.717) is 0 Å². The molecule has 0 aliphatic heterocycles. The molecule has 1 unspecified atom stereocenters. The minimum atomic E-state index is -0.615. The molecule has 1 aromatic heterocycles. The van der Waals surface area contributed by atoms with Crippen LogP contribution in [0.15, 0.2) is 42.7 Å². The summed E-state index contributed by atoms with van der Waals surface area (Å²) in [4.78, 5) is 0. The van der Waals surface area contributed by atoms with E-state index in [1.165, 1.54) is 24.8 Å². The third kappa shape index (κ3) is 2.14. The molecule has 1 aromatic carbocycles. The van der Waals surface area contributed by atoms with Crippen LogP contribution in [0.3, 0.4) is 0 Å². The lowest BCUT2D eigenvalue weighted by atomic mass is 9.80. The Bertz CT molecular complexity index is 506. The van der Waals surface area contributed by atoms with Crippen molar-refractivity contribution < 1.29 is 5.11 Å². The van der Waals surface area contributed by atoms with Crippen LogP contribution in [-0.2, 0) is 0 Å². The van der Waals surface area contributed by atoms with Crippen LogP contribution in [-0.4, -0.2) is 15.3 Å². The first-order chi connectivity index (χ1) is 8.84. The van der Waals surface area contributed by atoms with Crippen molar-refractivity contribution in [1.82, 2.24) is 10.2 Å². The predicted octanol–water partition coefficient (Wildman–Crippen LogP) is 2.83. The Morgan fingerprint density at radius 1 is 1.00 bits per heavy atom. The van der Waals surface area contributed by atoms with Crippen molar-refractivity contribution in [3.63, 3.8) is 0 Å². The topological polar surface area (TPSA) is 46.0 Å². The zero-order valence-corrected chi connectivity index (χ0v) is 10.2. The van der Waals surface area contributed by atoms with Gasteiger partial charge < -0.3 is 5.11 Å². The SMILES string of the molecule is OC(c1ccc(C2CCC2)cc1)c1ccnnc1. The second kappa shape index (κ2) is 4.86. The van der Waals surface area contributed by atoms with Crippen molar-refractivity contribution in [2.45, 2.75) is 31.3 Å². The van der Waals surface area contributed by atoms with Crippen LogP contribution >= 0.6 is 0 Å². The molecule has 1 N–H and O–H groups in total. The molecule has 1 aliphatic carbocycles. The van der Waals surface area contributed by atoms with Gasteiger partial charge in [-0.25, -0.2) is 0 Å². The summed E-state index contributed by atoms with van der Waals surface area (Å²) in [5, 5.41) is 17.7. The van der Waals surface area contributed by atoms with E-state index in [4.69, 9.17) is 0 Å². The van der Waals surface area contributed by atoms with Gasteiger partial charge >= 0.3 is 0 Å². The molecule has 3 rings (SSSR count). The summed E-state index contributed by atoms with van der Waals surface area (Å²) in [6.45, 7) is 0. The first-order valence-corrected chi connectivity index (χ1v) is 6.39. The maximum absolute atomic E-state index is 10.2. The van der Waals surface area contributed by atoms with Gasteiger partial charge in [-0.3, -0.25) is 0 Å². The fourth-order valence-corrected chi connectivity index (χ4v) is 2.35. The summed E-state index contributed by atoms with van der Waals surface area (Å²) in [6, 6.07) is 10.1. The Hall–Kier alpha value is -1.74. The van der Waals surface area contributed by atoms with E-state index in [0.717, 1.165) is 17.0 Å². The molecule has 1 aliphatic rings. The molecule has 2 aromatic rings. The molecule has 1 saturated carbocycles. The highest BCUT2D eigenvalue weighted by molar-refractivity contribution is 5.32. The second-order valence-electron chi connectivity index (χ2n) is 4.87. The fourth-order valence-electron chi connectivity index (χ4n) is 2.35. The number of aliphatic hydroxyl groups is 1. The normalized spacial score (nSPS) is 17.2. The zero-order chi connectivity index (χ0) is 12.4. The van der Waals surface area contributed by atoms with Crippen molar-refractivity contribution in [3.8, 4) is 0 Å². The van der Waals surface area contributed by atoms with Crippen LogP contribution in [0.2, 0.25) is 0 Å². The van der Waals surface area contributed by atoms with Crippen LogP contribution in [0, 0.1) is 0 Å². The van der Waals surface area contributed by atoms with Crippen LogP contribution in [0.1, 0.15) is 48.0 Å². The minimum Gasteiger partial charge on any atom is -0.384 e. The van der Waals surface area contributed by atoms with E-state index in [-0.39, 0.29) is 0 Å². The maximum Gasteiger partial charge on any atom is 0.106 e. The van der Waals surface area contributed by atoms with Crippen LogP contribution in [0.4, 0.5) is 0 Å². The molecular weight excluding hydrogens is 224 g/mol. The fraction of sp³-hybridized carbons (Fsp3) is 0.333. The largest absolute Gasteiger partial charge is 0.384 e. The van der Waals surface area contributed by atoms with E-state index in [1.807, 2.05) is 12.1 Å². The van der Waals surface area contributed by atoms with E-state index in [2.05, 4.69) is 22.3 Å². The van der Waals surface area contributed by atoms with E-state index in [9.17, 15) is 5.11 Å². The van der Waals surface area contributed by atoms with Crippen molar-refractivity contribution in [3.05, 3.63) is 59.4 Å². The third-order valence-corrected chi connectivity index (χ3v) is 3.75. The Kier molecular flexibility index (Phi) is 3.07. The van der Waals surface area contributed by atoms with Crippen molar-refractivity contribution in [2.24, 2.45) is 0 Å². The van der Waals surface area contributed by atoms with Crippen LogP contribution < -0.4 is 0 Å². The number of nitrogens with zero attached hydrogens (tertiary/aromatic N) is 2. The molecule has 3 nitrogen and oxygen atoms in total. The van der Waals surface area contributed by atoms with Crippen molar-refractivity contribution in [2.75, 3.05) is 0 Å². The van der Waals surface area contributed by atoms with E-state index >= 15 is 0 Å². The number of hydrogen-bond acceptors (Lipinski definition) is 3. The van der Waals surface area contributed by atoms with Gasteiger partial charge in [-0.05, 0) is 36.0 Å². The summed E-state index contributed by atoms with van der Waals surface area (Å²) in [5.74, 6) is 0.735. The standard InChI is InChI=1S/C15H16N2O/c18-15(14-8-9-16-17-10-14)13-6-4-12(5-7-13)11-2-1-3-11/h4-11,15,18H,1-3H2. The molecule has 0 bridgehead atoms. The van der Waals surface area contributed by atoms with Gasteiger partial charge in [-0.1, -0.05) is 30.7 Å². The average Bonchev–Trinajstić information content (AvgIpc) is 2.38. The minimum absolute atomic E-state index is 0.615. The number of benzene rings is 1. The summed E-state index contributed by atoms with van der Waals surface area (Å²) >= 11 is 0. The Labute approximate surface area is 107 Å². The van der Waals surface area contributed by atoms with Gasteiger partial charge in [0.25, 0.3) is 0 Å². The first-order valence-electron chi connectivity index (χ1n) is 6.39. The third-order valence-electron chi connectivity index (χ3n) is 3.75. The van der Waals surface area contributed by atoms with Gasteiger partial charge in [0.2, 0.25) is 0 Å². The Morgan fingerprint density at radius 3 is 2.33 bits per heavy atom. The summed E-state index contributed by atoms with van der Waals surface area (Å²) in [5.41, 5.74) is 3.08. The summed E-state index contributed by atoms with van der Waals surface area (Å²) in [7, 11) is 0. The zero-order valence-electron chi connectivity index (χ0n) is 10.2. The van der Waals surface area contributed by atoms with Crippen LogP contribution in [0.25, 0.3) is 0 Å². The number of aliphatic hydroxyl groups excluding tert-OH is 1. The summed E-state index contributed by atoms with van der Waals surface area (Å²) < 4.78 is 0. The Morgan fingerprint density at radius 2 is 1.78 bits per heavy atom. The van der Waals surface area contributed by atoms with E-state index < -0.39 is 6.10 Å².